The van der Waals surface area contributed by atoms with Gasteiger partial charge in [-0.1, -0.05) is 0 Å². The fourth-order valence-corrected chi connectivity index (χ4v) is 4.91. The van der Waals surface area contributed by atoms with Gasteiger partial charge in [0.1, 0.15) is 5.60 Å². The number of amides is 1. The van der Waals surface area contributed by atoms with Crippen LogP contribution in [-0.4, -0.2) is 62.2 Å². The molecule has 0 spiro atoms. The maximum atomic E-state index is 12.2. The third-order valence-corrected chi connectivity index (χ3v) is 6.15. The lowest BCUT2D eigenvalue weighted by Crippen LogP contribution is -2.47. The molecule has 0 aromatic rings. The van der Waals surface area contributed by atoms with Crippen molar-refractivity contribution >= 4 is 15.9 Å². The Balaban J connectivity index is 1.79. The van der Waals surface area contributed by atoms with E-state index in [0.29, 0.717) is 18.2 Å². The van der Waals surface area contributed by atoms with Crippen molar-refractivity contribution in [3.63, 3.8) is 0 Å². The molecule has 0 aliphatic carbocycles. The van der Waals surface area contributed by atoms with E-state index in [1.807, 2.05) is 20.8 Å². The number of likely N-dealkylation sites (tertiary alicyclic amines) is 1. The van der Waals surface area contributed by atoms with Crippen LogP contribution in [0.4, 0.5) is 4.79 Å². The van der Waals surface area contributed by atoms with Gasteiger partial charge >= 0.3 is 6.09 Å². The van der Waals surface area contributed by atoms with Crippen molar-refractivity contribution < 1.29 is 17.9 Å². The van der Waals surface area contributed by atoms with E-state index in [0.717, 1.165) is 38.8 Å². The van der Waals surface area contributed by atoms with Gasteiger partial charge in [-0.05, 0) is 58.9 Å². The van der Waals surface area contributed by atoms with Crippen LogP contribution in [0.2, 0.25) is 0 Å². The molecule has 2 heterocycles. The zero-order chi connectivity index (χ0) is 17.1. The smallest absolute Gasteiger partial charge is 0.410 e. The topological polar surface area (TPSA) is 75.7 Å². The zero-order valence-electron chi connectivity index (χ0n) is 14.5. The van der Waals surface area contributed by atoms with Crippen LogP contribution in [0.15, 0.2) is 0 Å². The maximum absolute atomic E-state index is 12.2. The van der Waals surface area contributed by atoms with Gasteiger partial charge in [0.15, 0.2) is 9.84 Å². The minimum absolute atomic E-state index is 0.0608. The molecular weight excluding hydrogens is 316 g/mol. The van der Waals surface area contributed by atoms with Crippen molar-refractivity contribution in [2.24, 2.45) is 5.92 Å². The Labute approximate surface area is 139 Å². The highest BCUT2D eigenvalue weighted by Crippen LogP contribution is 2.20. The van der Waals surface area contributed by atoms with Gasteiger partial charge in [0.25, 0.3) is 0 Å². The van der Waals surface area contributed by atoms with Gasteiger partial charge in [0, 0.05) is 19.1 Å². The van der Waals surface area contributed by atoms with Crippen LogP contribution in [0.5, 0.6) is 0 Å². The molecule has 2 fully saturated rings. The molecule has 2 atom stereocenters. The molecule has 0 radical (unpaired) electrons. The minimum Gasteiger partial charge on any atom is -0.444 e. The van der Waals surface area contributed by atoms with Gasteiger partial charge in [-0.15, -0.1) is 0 Å². The summed E-state index contributed by atoms with van der Waals surface area (Å²) in [4.78, 5) is 13.9. The first-order valence-corrected chi connectivity index (χ1v) is 10.4. The van der Waals surface area contributed by atoms with E-state index in [1.54, 1.807) is 4.90 Å². The third-order valence-electron chi connectivity index (χ3n) is 4.33. The summed E-state index contributed by atoms with van der Waals surface area (Å²) in [5.41, 5.74) is -0.473. The summed E-state index contributed by atoms with van der Waals surface area (Å²) in [5.74, 6) is 0.928. The molecule has 6 nitrogen and oxygen atoms in total. The molecule has 1 amide bonds. The van der Waals surface area contributed by atoms with Crippen molar-refractivity contribution in [1.82, 2.24) is 10.2 Å². The number of rotatable bonds is 3. The summed E-state index contributed by atoms with van der Waals surface area (Å²) in [5, 5.41) is 3.40. The average molecular weight is 346 g/mol. The van der Waals surface area contributed by atoms with E-state index in [2.05, 4.69) is 5.32 Å². The number of carbonyl (C=O) groups excluding carboxylic acids is 1. The van der Waals surface area contributed by atoms with E-state index in [-0.39, 0.29) is 17.9 Å². The van der Waals surface area contributed by atoms with Crippen LogP contribution in [0, 0.1) is 5.92 Å². The molecule has 2 rings (SSSR count). The number of hydrogen-bond acceptors (Lipinski definition) is 5. The van der Waals surface area contributed by atoms with Crippen LogP contribution in [0.3, 0.4) is 0 Å². The third kappa shape index (κ3) is 6.30. The second kappa shape index (κ2) is 7.38. The summed E-state index contributed by atoms with van der Waals surface area (Å²) >= 11 is 0. The Hall–Kier alpha value is -0.820. The number of ether oxygens (including phenoxy) is 1. The summed E-state index contributed by atoms with van der Waals surface area (Å²) in [6.45, 7) is 7.80. The van der Waals surface area contributed by atoms with Crippen LogP contribution >= 0.6 is 0 Å². The Bertz CT molecular complexity index is 513. The number of hydrogen-bond donors (Lipinski definition) is 1. The monoisotopic (exact) mass is 346 g/mol. The minimum atomic E-state index is -2.88. The summed E-state index contributed by atoms with van der Waals surface area (Å²) in [7, 11) is -2.88. The first-order chi connectivity index (χ1) is 10.6. The Morgan fingerprint density at radius 2 is 2.00 bits per heavy atom. The molecule has 0 saturated carbocycles. The second-order valence-corrected chi connectivity index (χ2v) is 10.0. The van der Waals surface area contributed by atoms with Crippen molar-refractivity contribution in [3.05, 3.63) is 0 Å². The first-order valence-electron chi connectivity index (χ1n) is 8.56. The maximum Gasteiger partial charge on any atom is 0.410 e. The van der Waals surface area contributed by atoms with Crippen molar-refractivity contribution in [3.8, 4) is 0 Å². The van der Waals surface area contributed by atoms with Gasteiger partial charge in [-0.25, -0.2) is 13.2 Å². The van der Waals surface area contributed by atoms with E-state index in [4.69, 9.17) is 4.74 Å². The van der Waals surface area contributed by atoms with Crippen LogP contribution in [0.1, 0.15) is 46.5 Å². The molecule has 2 saturated heterocycles. The quantitative estimate of drug-likeness (QED) is 0.843. The lowest BCUT2D eigenvalue weighted by Gasteiger charge is -2.35. The van der Waals surface area contributed by atoms with Crippen LogP contribution < -0.4 is 5.32 Å². The summed E-state index contributed by atoms with van der Waals surface area (Å²) in [6, 6.07) is 0.0608. The second-order valence-electron chi connectivity index (χ2n) is 7.80. The molecule has 0 aromatic carbocycles. The van der Waals surface area contributed by atoms with Gasteiger partial charge in [0.2, 0.25) is 0 Å². The lowest BCUT2D eigenvalue weighted by molar-refractivity contribution is 0.0165. The fourth-order valence-electron chi connectivity index (χ4n) is 3.24. The van der Waals surface area contributed by atoms with Crippen molar-refractivity contribution in [2.45, 2.75) is 58.1 Å². The van der Waals surface area contributed by atoms with Gasteiger partial charge in [-0.2, -0.15) is 0 Å². The molecule has 2 aliphatic heterocycles. The van der Waals surface area contributed by atoms with Gasteiger partial charge in [-0.3, -0.25) is 0 Å². The van der Waals surface area contributed by atoms with E-state index in [1.165, 1.54) is 0 Å². The predicted molar refractivity (Wildman–Crippen MR) is 90.2 cm³/mol. The highest BCUT2D eigenvalue weighted by atomic mass is 32.2. The molecule has 0 bridgehead atoms. The molecule has 2 aliphatic rings. The van der Waals surface area contributed by atoms with Crippen LogP contribution in [0.25, 0.3) is 0 Å². The van der Waals surface area contributed by atoms with Crippen LogP contribution in [-0.2, 0) is 14.6 Å². The highest BCUT2D eigenvalue weighted by Gasteiger charge is 2.29. The average Bonchev–Trinajstić information content (AvgIpc) is 2.43. The van der Waals surface area contributed by atoms with E-state index < -0.39 is 15.4 Å². The largest absolute Gasteiger partial charge is 0.444 e. The van der Waals surface area contributed by atoms with Gasteiger partial charge < -0.3 is 15.0 Å². The highest BCUT2D eigenvalue weighted by molar-refractivity contribution is 7.91. The fraction of sp³-hybridized carbons (Fsp3) is 0.938. The Morgan fingerprint density at radius 3 is 2.65 bits per heavy atom. The SMILES string of the molecule is CC(C)(C)OC(=O)N1CCCC(CNC2CCCS(=O)(=O)C2)C1. The Morgan fingerprint density at radius 1 is 1.26 bits per heavy atom. The standard InChI is InChI=1S/C16H30N2O4S/c1-16(2,3)22-15(19)18-8-4-6-13(11-18)10-17-14-7-5-9-23(20,21)12-14/h13-14,17H,4-12H2,1-3H3. The number of piperidine rings is 1. The number of carbonyl (C=O) groups is 1. The summed E-state index contributed by atoms with van der Waals surface area (Å²) < 4.78 is 28.8. The lowest BCUT2D eigenvalue weighted by atomic mass is 9.98. The molecule has 1 N–H and O–H groups in total. The normalized spacial score (nSPS) is 28.4. The number of nitrogens with one attached hydrogen (secondary N) is 1. The van der Waals surface area contributed by atoms with Crippen molar-refractivity contribution in [2.75, 3.05) is 31.1 Å². The molecule has 0 aromatic heterocycles. The molecule has 134 valence electrons. The molecular formula is C16H30N2O4S. The molecule has 23 heavy (non-hydrogen) atoms. The zero-order valence-corrected chi connectivity index (χ0v) is 15.3. The number of nitrogens with zero attached hydrogens (tertiary/aromatic N) is 1. The molecule has 7 heteroatoms. The van der Waals surface area contributed by atoms with E-state index in [9.17, 15) is 13.2 Å². The molecule has 2 unspecified atom stereocenters. The first kappa shape index (κ1) is 18.5. The van der Waals surface area contributed by atoms with Gasteiger partial charge in [0.05, 0.1) is 11.5 Å². The summed E-state index contributed by atoms with van der Waals surface area (Å²) in [6.07, 6.45) is 3.44. The van der Waals surface area contributed by atoms with Crippen molar-refractivity contribution in [1.29, 1.82) is 0 Å². The van der Waals surface area contributed by atoms with E-state index >= 15 is 0 Å². The predicted octanol–water partition coefficient (Wildman–Crippen LogP) is 1.80. The Kier molecular flexibility index (Phi) is 5.94. The number of sulfone groups is 1.